The maximum atomic E-state index is 13.6. The van der Waals surface area contributed by atoms with Gasteiger partial charge in [0.1, 0.15) is 0 Å². The number of halogens is 2. The molecule has 0 atom stereocenters. The van der Waals surface area contributed by atoms with Crippen molar-refractivity contribution in [3.63, 3.8) is 0 Å². The topological polar surface area (TPSA) is 15.3 Å². The molecule has 1 heterocycles. The first-order chi connectivity index (χ1) is 6.32. The third kappa shape index (κ3) is 1.91. The summed E-state index contributed by atoms with van der Waals surface area (Å²) < 4.78 is 27.2. The van der Waals surface area contributed by atoms with Gasteiger partial charge in [-0.15, -0.1) is 0 Å². The molecule has 84 valence electrons. The molecule has 1 aliphatic heterocycles. The molecule has 0 aromatic heterocycles. The Morgan fingerprint density at radius 2 is 1.93 bits per heavy atom. The van der Waals surface area contributed by atoms with Crippen LogP contribution in [0.15, 0.2) is 0 Å². The highest BCUT2D eigenvalue weighted by atomic mass is 19.3. The number of rotatable bonds is 4. The van der Waals surface area contributed by atoms with Crippen molar-refractivity contribution in [2.75, 3.05) is 26.7 Å². The van der Waals surface area contributed by atoms with Crippen LogP contribution in [-0.2, 0) is 0 Å². The summed E-state index contributed by atoms with van der Waals surface area (Å²) in [4.78, 5) is 2.07. The minimum Gasteiger partial charge on any atom is -0.314 e. The molecule has 2 nitrogen and oxygen atoms in total. The van der Waals surface area contributed by atoms with Crippen molar-refractivity contribution in [2.45, 2.75) is 32.7 Å². The first kappa shape index (κ1) is 11.9. The van der Waals surface area contributed by atoms with E-state index >= 15 is 0 Å². The number of likely N-dealkylation sites (tertiary alicyclic amines) is 1. The normalized spacial score (nSPS) is 22.5. The van der Waals surface area contributed by atoms with E-state index in [1.54, 1.807) is 14.0 Å². The molecule has 0 aromatic carbocycles. The largest absolute Gasteiger partial charge is 0.314 e. The maximum absolute atomic E-state index is 13.6. The van der Waals surface area contributed by atoms with Crippen molar-refractivity contribution in [1.29, 1.82) is 0 Å². The van der Waals surface area contributed by atoms with Gasteiger partial charge < -0.3 is 5.32 Å². The molecule has 0 amide bonds. The van der Waals surface area contributed by atoms with Gasteiger partial charge in [-0.3, -0.25) is 4.90 Å². The Kier molecular flexibility index (Phi) is 3.17. The summed E-state index contributed by atoms with van der Waals surface area (Å²) in [6, 6.07) is 0.369. The third-order valence-electron chi connectivity index (χ3n) is 3.12. The van der Waals surface area contributed by atoms with Gasteiger partial charge in [-0.2, -0.15) is 0 Å². The fraction of sp³-hybridized carbons (Fsp3) is 1.00. The van der Waals surface area contributed by atoms with Crippen LogP contribution in [0.5, 0.6) is 0 Å². The summed E-state index contributed by atoms with van der Waals surface area (Å²) in [6.07, 6.45) is 0. The quantitative estimate of drug-likeness (QED) is 0.751. The molecule has 0 bridgehead atoms. The van der Waals surface area contributed by atoms with E-state index in [1.165, 1.54) is 0 Å². The summed E-state index contributed by atoms with van der Waals surface area (Å²) >= 11 is 0. The van der Waals surface area contributed by atoms with Crippen molar-refractivity contribution in [3.8, 4) is 0 Å². The maximum Gasteiger partial charge on any atom is 0.267 e. The van der Waals surface area contributed by atoms with Crippen molar-refractivity contribution >= 4 is 0 Å². The van der Waals surface area contributed by atoms with Crippen LogP contribution >= 0.6 is 0 Å². The first-order valence-corrected chi connectivity index (χ1v) is 5.09. The van der Waals surface area contributed by atoms with Crippen molar-refractivity contribution in [1.82, 2.24) is 10.2 Å². The fourth-order valence-electron chi connectivity index (χ4n) is 1.88. The number of hydrogen-bond donors (Lipinski definition) is 1. The standard InChI is InChI=1S/C10H20F2N2/c1-8(2)14-6-9(3,7-14)10(11,12)5-13-4/h8,13H,5-7H2,1-4H3. The molecule has 0 aliphatic carbocycles. The molecule has 0 aromatic rings. The zero-order valence-corrected chi connectivity index (χ0v) is 9.40. The monoisotopic (exact) mass is 206 g/mol. The van der Waals surface area contributed by atoms with E-state index in [1.807, 2.05) is 13.8 Å². The van der Waals surface area contributed by atoms with E-state index in [9.17, 15) is 8.78 Å². The fourth-order valence-corrected chi connectivity index (χ4v) is 1.88. The van der Waals surface area contributed by atoms with Gasteiger partial charge in [-0.05, 0) is 20.9 Å². The highest BCUT2D eigenvalue weighted by Gasteiger charge is 2.56. The van der Waals surface area contributed by atoms with Crippen LogP contribution in [0.4, 0.5) is 8.78 Å². The van der Waals surface area contributed by atoms with Crippen molar-refractivity contribution in [3.05, 3.63) is 0 Å². The van der Waals surface area contributed by atoms with Crippen LogP contribution < -0.4 is 5.32 Å². The van der Waals surface area contributed by atoms with Crippen molar-refractivity contribution < 1.29 is 8.78 Å². The average molecular weight is 206 g/mol. The Bertz CT molecular complexity index is 198. The second-order valence-electron chi connectivity index (χ2n) is 4.79. The Labute approximate surface area is 84.7 Å². The van der Waals surface area contributed by atoms with Crippen LogP contribution in [-0.4, -0.2) is 43.5 Å². The SMILES string of the molecule is CNCC(F)(F)C1(C)CN(C(C)C)C1. The van der Waals surface area contributed by atoms with Gasteiger partial charge in [0.05, 0.1) is 12.0 Å². The Balaban J connectivity index is 2.54. The summed E-state index contributed by atoms with van der Waals surface area (Å²) in [5, 5.41) is 2.56. The summed E-state index contributed by atoms with van der Waals surface area (Å²) in [5.74, 6) is -2.60. The molecule has 1 aliphatic rings. The number of nitrogens with zero attached hydrogens (tertiary/aromatic N) is 1. The van der Waals surface area contributed by atoms with E-state index < -0.39 is 11.3 Å². The lowest BCUT2D eigenvalue weighted by Crippen LogP contribution is -2.66. The van der Waals surface area contributed by atoms with Crippen LogP contribution in [0.1, 0.15) is 20.8 Å². The molecule has 4 heteroatoms. The number of hydrogen-bond acceptors (Lipinski definition) is 2. The van der Waals surface area contributed by atoms with Crippen LogP contribution in [0.2, 0.25) is 0 Å². The minimum atomic E-state index is -2.60. The molecule has 14 heavy (non-hydrogen) atoms. The highest BCUT2D eigenvalue weighted by Crippen LogP contribution is 2.44. The van der Waals surface area contributed by atoms with Gasteiger partial charge in [-0.1, -0.05) is 6.92 Å². The zero-order chi connectivity index (χ0) is 11.0. The second kappa shape index (κ2) is 3.74. The third-order valence-corrected chi connectivity index (χ3v) is 3.12. The van der Waals surface area contributed by atoms with E-state index in [0.717, 1.165) is 0 Å². The lowest BCUT2D eigenvalue weighted by atomic mass is 9.75. The Morgan fingerprint density at radius 3 is 2.29 bits per heavy atom. The molecule has 0 spiro atoms. The van der Waals surface area contributed by atoms with Gasteiger partial charge in [0, 0.05) is 19.1 Å². The average Bonchev–Trinajstić information content (AvgIpc) is 1.97. The first-order valence-electron chi connectivity index (χ1n) is 5.09. The molecular weight excluding hydrogens is 186 g/mol. The number of alkyl halides is 2. The smallest absolute Gasteiger partial charge is 0.267 e. The van der Waals surface area contributed by atoms with Crippen LogP contribution in [0.25, 0.3) is 0 Å². The molecular formula is C10H20F2N2. The molecule has 1 fully saturated rings. The Morgan fingerprint density at radius 1 is 1.43 bits per heavy atom. The van der Waals surface area contributed by atoms with Gasteiger partial charge in [-0.25, -0.2) is 8.78 Å². The predicted octanol–water partition coefficient (Wildman–Crippen LogP) is 1.57. The van der Waals surface area contributed by atoms with Crippen LogP contribution in [0, 0.1) is 5.41 Å². The predicted molar refractivity (Wildman–Crippen MR) is 53.7 cm³/mol. The van der Waals surface area contributed by atoms with E-state index in [-0.39, 0.29) is 6.54 Å². The highest BCUT2D eigenvalue weighted by molar-refractivity contribution is 5.02. The van der Waals surface area contributed by atoms with Gasteiger partial charge >= 0.3 is 0 Å². The van der Waals surface area contributed by atoms with Crippen molar-refractivity contribution in [2.24, 2.45) is 5.41 Å². The van der Waals surface area contributed by atoms with E-state index in [2.05, 4.69) is 10.2 Å². The van der Waals surface area contributed by atoms with Crippen LogP contribution in [0.3, 0.4) is 0 Å². The molecule has 0 radical (unpaired) electrons. The lowest BCUT2D eigenvalue weighted by molar-refractivity contribution is -0.184. The second-order valence-corrected chi connectivity index (χ2v) is 4.79. The molecule has 0 unspecified atom stereocenters. The van der Waals surface area contributed by atoms with Gasteiger partial charge in [0.15, 0.2) is 0 Å². The molecule has 1 saturated heterocycles. The minimum absolute atomic E-state index is 0.227. The molecule has 1 rings (SSSR count). The Hall–Kier alpha value is -0.220. The molecule has 1 N–H and O–H groups in total. The summed E-state index contributed by atoms with van der Waals surface area (Å²) in [7, 11) is 1.57. The van der Waals surface area contributed by atoms with E-state index in [0.29, 0.717) is 19.1 Å². The van der Waals surface area contributed by atoms with E-state index in [4.69, 9.17) is 0 Å². The van der Waals surface area contributed by atoms with Gasteiger partial charge in [0.2, 0.25) is 0 Å². The summed E-state index contributed by atoms with van der Waals surface area (Å²) in [5.41, 5.74) is -0.847. The van der Waals surface area contributed by atoms with Gasteiger partial charge in [0.25, 0.3) is 5.92 Å². The molecule has 0 saturated carbocycles. The lowest BCUT2D eigenvalue weighted by Gasteiger charge is -2.53. The summed E-state index contributed by atoms with van der Waals surface area (Å²) in [6.45, 7) is 6.52. The zero-order valence-electron chi connectivity index (χ0n) is 9.40. The number of nitrogens with one attached hydrogen (secondary N) is 1.